The van der Waals surface area contributed by atoms with Gasteiger partial charge in [-0.2, -0.15) is 0 Å². The number of rotatable bonds is 9. The average molecular weight is 626 g/mol. The van der Waals surface area contributed by atoms with Crippen LogP contribution in [0.25, 0.3) is 0 Å². The number of carbonyl (C=O) groups is 2. The van der Waals surface area contributed by atoms with E-state index in [-0.39, 0.29) is 48.7 Å². The van der Waals surface area contributed by atoms with Gasteiger partial charge in [-0.3, -0.25) is 19.6 Å². The number of methoxy groups -OCH3 is 1. The Morgan fingerprint density at radius 3 is 2.67 bits per heavy atom. The van der Waals surface area contributed by atoms with E-state index in [2.05, 4.69) is 15.3 Å². The minimum absolute atomic E-state index is 0.127. The number of aliphatic hydroxyl groups is 1. The number of benzene rings is 1. The summed E-state index contributed by atoms with van der Waals surface area (Å²) in [7, 11) is 1.12. The second kappa shape index (κ2) is 11.6. The van der Waals surface area contributed by atoms with E-state index in [0.29, 0.717) is 5.01 Å². The van der Waals surface area contributed by atoms with Crippen LogP contribution < -0.4 is 5.32 Å². The fraction of sp³-hybridized carbons (Fsp3) is 0.500. The summed E-state index contributed by atoms with van der Waals surface area (Å²) in [6.07, 6.45) is 0.401. The van der Waals surface area contributed by atoms with Gasteiger partial charge in [-0.15, -0.1) is 11.3 Å². The molecular weight excluding hydrogens is 594 g/mol. The molecule has 15 heteroatoms. The van der Waals surface area contributed by atoms with Crippen molar-refractivity contribution >= 4 is 29.1 Å². The molecule has 4 heterocycles. The molecule has 0 bridgehead atoms. The van der Waals surface area contributed by atoms with Crippen molar-refractivity contribution in [2.45, 2.75) is 50.4 Å². The van der Waals surface area contributed by atoms with Crippen molar-refractivity contribution in [1.29, 1.82) is 0 Å². The number of amidine groups is 1. The molecule has 2 saturated heterocycles. The first kappa shape index (κ1) is 31.0. The minimum Gasteiger partial charge on any atom is -0.481 e. The van der Waals surface area contributed by atoms with Crippen LogP contribution in [0.2, 0.25) is 0 Å². The predicted octanol–water partition coefficient (Wildman–Crippen LogP) is 2.81. The molecule has 43 heavy (non-hydrogen) atoms. The molecule has 4 atom stereocenters. The van der Waals surface area contributed by atoms with E-state index in [9.17, 15) is 24.2 Å². The highest BCUT2D eigenvalue weighted by molar-refractivity contribution is 7.11. The maximum atomic E-state index is 15.6. The molecule has 232 valence electrons. The molecular formula is C28H31F4N5O5S. The molecule has 0 amide bonds. The minimum atomic E-state index is -3.24. The van der Waals surface area contributed by atoms with Crippen LogP contribution in [-0.2, 0) is 14.3 Å². The van der Waals surface area contributed by atoms with Crippen LogP contribution in [0.15, 0.2) is 46.0 Å². The number of carboxylic acids is 1. The Kier molecular flexibility index (Phi) is 8.37. The van der Waals surface area contributed by atoms with Crippen molar-refractivity contribution in [3.05, 3.63) is 63.3 Å². The summed E-state index contributed by atoms with van der Waals surface area (Å²) in [5.41, 5.74) is -1.82. The summed E-state index contributed by atoms with van der Waals surface area (Å²) >= 11 is 1.20. The van der Waals surface area contributed by atoms with Gasteiger partial charge in [-0.25, -0.2) is 27.3 Å². The van der Waals surface area contributed by atoms with E-state index in [1.807, 2.05) is 0 Å². The third kappa shape index (κ3) is 5.66. The number of β-amino-alcohol motifs (C(OH)–C–C–N with tert-alkyl or cyclic N) is 1. The summed E-state index contributed by atoms with van der Waals surface area (Å²) in [6.45, 7) is 1.69. The number of aliphatic carboxylic acids is 1. The standard InChI is InChI=1S/C28H31F4N5O5S/c1-27(2,26(40)41)18(38)12-36-9-7-17-22(36)28(31,32)13-37(17)11-16-19(25(39)42-3)21(14-5-4-6-15(29)20(14)30)35-23(34-16)24-33-8-10-43-24/h4-6,8,10,17-18,21-22,38H,7,9,11-13H2,1-3H3,(H,34,35)(H,40,41)/t17-,18+,21-,22+/m0/s1. The zero-order chi connectivity index (χ0) is 31.3. The first-order valence-electron chi connectivity index (χ1n) is 13.5. The lowest BCUT2D eigenvalue weighted by Crippen LogP contribution is -2.51. The zero-order valence-corrected chi connectivity index (χ0v) is 24.4. The van der Waals surface area contributed by atoms with Gasteiger partial charge in [0.1, 0.15) is 6.04 Å². The van der Waals surface area contributed by atoms with E-state index in [1.165, 1.54) is 53.3 Å². The topological polar surface area (TPSA) is 128 Å². The highest BCUT2D eigenvalue weighted by atomic mass is 32.1. The number of nitrogens with one attached hydrogen (secondary N) is 1. The molecule has 2 aromatic rings. The lowest BCUT2D eigenvalue weighted by Gasteiger charge is -2.34. The summed E-state index contributed by atoms with van der Waals surface area (Å²) < 4.78 is 65.5. The number of thiazole rings is 1. The SMILES string of the molecule is COC(=O)C1=C(CN2CC(F)(F)[C@H]3[C@@H]2CCN3C[C@@H](O)C(C)(C)C(=O)O)NC(c2nccs2)=N[C@H]1c1cccc(F)c1F. The number of carboxylic acid groups (broad SMARTS) is 1. The van der Waals surface area contributed by atoms with Gasteiger partial charge in [0.25, 0.3) is 5.92 Å². The highest BCUT2D eigenvalue weighted by Crippen LogP contribution is 2.43. The van der Waals surface area contributed by atoms with Crippen LogP contribution in [0, 0.1) is 17.0 Å². The first-order chi connectivity index (χ1) is 20.3. The Labute approximate surface area is 248 Å². The van der Waals surface area contributed by atoms with Crippen LogP contribution in [0.5, 0.6) is 0 Å². The number of hydrogen-bond acceptors (Lipinski definition) is 10. The monoisotopic (exact) mass is 625 g/mol. The van der Waals surface area contributed by atoms with Gasteiger partial charge >= 0.3 is 11.9 Å². The zero-order valence-electron chi connectivity index (χ0n) is 23.6. The van der Waals surface area contributed by atoms with Crippen molar-refractivity contribution < 1.29 is 42.1 Å². The molecule has 0 radical (unpaired) electrons. The number of alkyl halides is 2. The number of halogens is 4. The van der Waals surface area contributed by atoms with Crippen LogP contribution in [0.3, 0.4) is 0 Å². The molecule has 5 rings (SSSR count). The summed E-state index contributed by atoms with van der Waals surface area (Å²) in [5, 5.41) is 25.2. The van der Waals surface area contributed by atoms with E-state index in [0.717, 1.165) is 13.2 Å². The van der Waals surface area contributed by atoms with E-state index in [4.69, 9.17) is 4.74 Å². The van der Waals surface area contributed by atoms with Crippen molar-refractivity contribution in [2.75, 3.05) is 33.3 Å². The number of ether oxygens (including phenoxy) is 1. The maximum absolute atomic E-state index is 15.6. The molecule has 0 aliphatic carbocycles. The lowest BCUT2D eigenvalue weighted by atomic mass is 9.86. The van der Waals surface area contributed by atoms with Gasteiger partial charge in [0, 0.05) is 48.5 Å². The van der Waals surface area contributed by atoms with Crippen molar-refractivity contribution in [2.24, 2.45) is 10.4 Å². The number of aliphatic hydroxyl groups excluding tert-OH is 1. The molecule has 0 unspecified atom stereocenters. The van der Waals surface area contributed by atoms with Gasteiger partial charge < -0.3 is 20.3 Å². The number of fused-ring (bicyclic) bond motifs is 1. The van der Waals surface area contributed by atoms with Crippen LogP contribution >= 0.6 is 11.3 Å². The molecule has 3 aliphatic heterocycles. The number of nitrogens with zero attached hydrogens (tertiary/aromatic N) is 4. The molecule has 3 N–H and O–H groups in total. The smallest absolute Gasteiger partial charge is 0.338 e. The van der Waals surface area contributed by atoms with Gasteiger partial charge in [-0.1, -0.05) is 12.1 Å². The number of carbonyl (C=O) groups excluding carboxylic acids is 1. The summed E-state index contributed by atoms with van der Waals surface area (Å²) in [5.74, 6) is -7.58. The normalized spacial score (nSPS) is 24.8. The molecule has 3 aliphatic rings. The first-order valence-corrected chi connectivity index (χ1v) is 14.4. The Morgan fingerprint density at radius 2 is 2.02 bits per heavy atom. The molecule has 0 spiro atoms. The number of likely N-dealkylation sites (tertiary alicyclic amines) is 2. The third-order valence-electron chi connectivity index (χ3n) is 8.38. The van der Waals surface area contributed by atoms with Crippen molar-refractivity contribution in [3.8, 4) is 0 Å². The molecule has 10 nitrogen and oxygen atoms in total. The van der Waals surface area contributed by atoms with Crippen molar-refractivity contribution in [3.63, 3.8) is 0 Å². The van der Waals surface area contributed by atoms with Crippen molar-refractivity contribution in [1.82, 2.24) is 20.1 Å². The molecule has 0 saturated carbocycles. The van der Waals surface area contributed by atoms with Crippen LogP contribution in [0.1, 0.15) is 36.9 Å². The van der Waals surface area contributed by atoms with Gasteiger partial charge in [0.05, 0.1) is 36.8 Å². The second-order valence-corrected chi connectivity index (χ2v) is 12.3. The van der Waals surface area contributed by atoms with Gasteiger partial charge in [0.2, 0.25) is 0 Å². The molecule has 1 aromatic carbocycles. The van der Waals surface area contributed by atoms with E-state index >= 15 is 13.2 Å². The largest absolute Gasteiger partial charge is 0.481 e. The molecule has 2 fully saturated rings. The quantitative estimate of drug-likeness (QED) is 0.285. The van der Waals surface area contributed by atoms with Crippen LogP contribution in [-0.4, -0.2) is 100 Å². The Hall–Kier alpha value is -3.40. The number of hydrogen-bond donors (Lipinski definition) is 3. The number of aliphatic imine (C=N–C) groups is 1. The number of esters is 1. The Bertz CT molecular complexity index is 1470. The predicted molar refractivity (Wildman–Crippen MR) is 148 cm³/mol. The summed E-state index contributed by atoms with van der Waals surface area (Å²) in [6, 6.07) is 0.112. The Balaban J connectivity index is 1.50. The third-order valence-corrected chi connectivity index (χ3v) is 9.16. The molecule has 1 aromatic heterocycles. The lowest BCUT2D eigenvalue weighted by molar-refractivity contribution is -0.155. The van der Waals surface area contributed by atoms with Gasteiger partial charge in [-0.05, 0) is 26.3 Å². The van der Waals surface area contributed by atoms with E-state index in [1.54, 1.807) is 5.38 Å². The average Bonchev–Trinajstić information content (AvgIpc) is 3.69. The summed E-state index contributed by atoms with van der Waals surface area (Å²) in [4.78, 5) is 36.4. The Morgan fingerprint density at radius 1 is 1.28 bits per heavy atom. The van der Waals surface area contributed by atoms with Crippen LogP contribution in [0.4, 0.5) is 17.6 Å². The van der Waals surface area contributed by atoms with Gasteiger partial charge in [0.15, 0.2) is 22.5 Å². The fourth-order valence-corrected chi connectivity index (χ4v) is 6.49. The van der Waals surface area contributed by atoms with E-state index < -0.39 is 65.7 Å². The maximum Gasteiger partial charge on any atom is 0.338 e. The fourth-order valence-electron chi connectivity index (χ4n) is 5.90. The second-order valence-electron chi connectivity index (χ2n) is 11.4. The highest BCUT2D eigenvalue weighted by Gasteiger charge is 2.60. The number of aromatic nitrogens is 1.